The van der Waals surface area contributed by atoms with Gasteiger partial charge in [0.1, 0.15) is 29.9 Å². The van der Waals surface area contributed by atoms with E-state index in [9.17, 15) is 14.6 Å². The third-order valence-electron chi connectivity index (χ3n) is 10.6. The highest BCUT2D eigenvalue weighted by atomic mass is 19.1. The molecule has 1 aromatic heterocycles. The minimum Gasteiger partial charge on any atom is -0.508 e. The summed E-state index contributed by atoms with van der Waals surface area (Å²) in [5.41, 5.74) is 0.600. The molecule has 4 aliphatic heterocycles. The molecule has 0 aliphatic carbocycles. The Bertz CT molecular complexity index is 1880. The largest absolute Gasteiger partial charge is 0.508 e. The minimum atomic E-state index is -1.08. The monoisotopic (exact) mass is 663 g/mol. The molecule has 0 amide bonds. The van der Waals surface area contributed by atoms with Gasteiger partial charge in [-0.15, -0.1) is 0 Å². The Labute approximate surface area is 276 Å². The molecule has 9 nitrogen and oxygen atoms in total. The second-order valence-corrected chi connectivity index (χ2v) is 13.8. The lowest BCUT2D eigenvalue weighted by Gasteiger charge is -2.40. The van der Waals surface area contributed by atoms with Crippen molar-refractivity contribution in [2.45, 2.75) is 63.3 Å². The summed E-state index contributed by atoms with van der Waals surface area (Å²) in [6.07, 6.45) is 2.21. The van der Waals surface area contributed by atoms with E-state index in [0.29, 0.717) is 42.5 Å². The van der Waals surface area contributed by atoms with Crippen molar-refractivity contribution in [1.29, 1.82) is 0 Å². The van der Waals surface area contributed by atoms with Gasteiger partial charge in [0.2, 0.25) is 0 Å². The summed E-state index contributed by atoms with van der Waals surface area (Å²) >= 11 is 0. The number of fused-ring (bicyclic) bond motifs is 6. The second kappa shape index (κ2) is 12.5. The van der Waals surface area contributed by atoms with Crippen molar-refractivity contribution in [3.05, 3.63) is 47.5 Å². The number of aryl methyl sites for hydroxylation is 1. The second-order valence-electron chi connectivity index (χ2n) is 13.8. The van der Waals surface area contributed by atoms with Crippen molar-refractivity contribution in [2.75, 3.05) is 44.4 Å². The van der Waals surface area contributed by atoms with Gasteiger partial charge >= 0.3 is 6.01 Å². The lowest BCUT2D eigenvalue weighted by atomic mass is 9.89. The molecule has 0 saturated carbocycles. The van der Waals surface area contributed by atoms with E-state index < -0.39 is 17.8 Å². The number of benzene rings is 3. The van der Waals surface area contributed by atoms with Crippen molar-refractivity contribution in [2.24, 2.45) is 11.8 Å². The summed E-state index contributed by atoms with van der Waals surface area (Å²) < 4.78 is 61.2. The van der Waals surface area contributed by atoms with Crippen LogP contribution in [0.2, 0.25) is 0 Å². The van der Waals surface area contributed by atoms with Crippen LogP contribution in [-0.4, -0.2) is 83.9 Å². The third kappa shape index (κ3) is 5.38. The van der Waals surface area contributed by atoms with Crippen LogP contribution in [-0.2, 0) is 6.42 Å². The number of aliphatic hydroxyl groups is 1. The molecule has 4 aromatic rings. The number of hydrogen-bond donors (Lipinski definition) is 4. The summed E-state index contributed by atoms with van der Waals surface area (Å²) in [4.78, 5) is 11.4. The molecule has 3 fully saturated rings. The number of rotatable bonds is 6. The molecule has 3 aromatic carbocycles. The first-order valence-corrected chi connectivity index (χ1v) is 17.0. The van der Waals surface area contributed by atoms with Crippen LogP contribution in [0.5, 0.6) is 17.5 Å². The fourth-order valence-corrected chi connectivity index (χ4v) is 8.37. The lowest BCUT2D eigenvalue weighted by Crippen LogP contribution is -2.60. The molecule has 2 bridgehead atoms. The van der Waals surface area contributed by atoms with Crippen LogP contribution in [0.4, 0.5) is 19.0 Å². The van der Waals surface area contributed by atoms with Crippen LogP contribution in [0.15, 0.2) is 30.3 Å². The van der Waals surface area contributed by atoms with Crippen LogP contribution in [0.25, 0.3) is 32.8 Å². The van der Waals surface area contributed by atoms with E-state index in [1.807, 2.05) is 19.1 Å². The fourth-order valence-electron chi connectivity index (χ4n) is 8.37. The first-order valence-electron chi connectivity index (χ1n) is 17.0. The molecule has 3 unspecified atom stereocenters. The maximum atomic E-state index is 17.1. The van der Waals surface area contributed by atoms with E-state index in [2.05, 4.69) is 20.5 Å². The van der Waals surface area contributed by atoms with Crippen LogP contribution >= 0.6 is 0 Å². The van der Waals surface area contributed by atoms with E-state index in [1.54, 1.807) is 12.1 Å². The van der Waals surface area contributed by atoms with Crippen LogP contribution in [0, 0.1) is 23.5 Å². The van der Waals surface area contributed by atoms with Gasteiger partial charge in [0.15, 0.2) is 17.4 Å². The summed E-state index contributed by atoms with van der Waals surface area (Å²) in [5.74, 6) is -1.96. The quantitative estimate of drug-likeness (QED) is 0.226. The zero-order valence-corrected chi connectivity index (χ0v) is 26.8. The SMILES string of the molecule is CCc1cccc2cc(O)cc(-c3c(F)c4c5c(nc(OC[C@H]6C[C@@H](F)CNC[C@@H](CO)C6)nc5c3F)N3CC5CCC(N5)C3CO4)c12. The highest BCUT2D eigenvalue weighted by molar-refractivity contribution is 6.05. The number of aromatic nitrogens is 2. The Morgan fingerprint density at radius 1 is 1.06 bits per heavy atom. The van der Waals surface area contributed by atoms with Gasteiger partial charge < -0.3 is 35.2 Å². The predicted molar refractivity (Wildman–Crippen MR) is 177 cm³/mol. The molecule has 4 N–H and O–H groups in total. The van der Waals surface area contributed by atoms with Gasteiger partial charge in [0.05, 0.1) is 23.6 Å². The van der Waals surface area contributed by atoms with Gasteiger partial charge in [-0.2, -0.15) is 9.97 Å². The zero-order chi connectivity index (χ0) is 33.1. The van der Waals surface area contributed by atoms with E-state index in [0.717, 1.165) is 18.4 Å². The normalized spacial score (nSPS) is 26.9. The van der Waals surface area contributed by atoms with Gasteiger partial charge in [-0.3, -0.25) is 0 Å². The average Bonchev–Trinajstić information content (AvgIpc) is 3.38. The summed E-state index contributed by atoms with van der Waals surface area (Å²) in [5, 5.41) is 28.7. The van der Waals surface area contributed by atoms with Gasteiger partial charge in [-0.25, -0.2) is 13.2 Å². The molecular formula is C36H40F3N5O4. The Morgan fingerprint density at radius 2 is 1.94 bits per heavy atom. The molecule has 254 valence electrons. The fraction of sp³-hybridized carbons (Fsp3) is 0.500. The maximum Gasteiger partial charge on any atom is 0.319 e. The van der Waals surface area contributed by atoms with Crippen molar-refractivity contribution < 1.29 is 32.9 Å². The number of nitrogens with zero attached hydrogens (tertiary/aromatic N) is 3. The van der Waals surface area contributed by atoms with Crippen molar-refractivity contribution in [3.63, 3.8) is 0 Å². The molecule has 0 radical (unpaired) electrons. The number of phenols is 1. The van der Waals surface area contributed by atoms with Crippen molar-refractivity contribution in [1.82, 2.24) is 20.6 Å². The standard InChI is InChI=1S/C36H40F3N5O4/c1-2-20-4-3-5-21-10-24(46)11-25(28(20)21)29-31(38)33-30-34(32(29)39)47-17-27-26-7-6-23(41-26)14-44(27)35(30)43-36(42-33)48-16-18-8-19(15-45)12-40-13-22(37)9-18/h3-5,10-11,18-19,22-23,26-27,40-41,45-46H,2,6-9,12-17H2,1H3/t18-,19+,22-,23?,26?,27?/m1/s1. The molecule has 3 saturated heterocycles. The number of ether oxygens (including phenoxy) is 2. The van der Waals surface area contributed by atoms with Gasteiger partial charge in [-0.1, -0.05) is 25.1 Å². The minimum absolute atomic E-state index is 0.0322. The summed E-state index contributed by atoms with van der Waals surface area (Å²) in [6.45, 7) is 3.45. The Morgan fingerprint density at radius 3 is 2.77 bits per heavy atom. The molecule has 0 spiro atoms. The molecule has 48 heavy (non-hydrogen) atoms. The average molecular weight is 664 g/mol. The molecule has 4 aliphatic rings. The molecule has 8 rings (SSSR count). The molecular weight excluding hydrogens is 623 g/mol. The number of anilines is 1. The number of nitrogens with one attached hydrogen (secondary N) is 2. The molecule has 12 heteroatoms. The highest BCUT2D eigenvalue weighted by Gasteiger charge is 2.44. The Kier molecular flexibility index (Phi) is 8.20. The van der Waals surface area contributed by atoms with E-state index >= 15 is 8.78 Å². The zero-order valence-electron chi connectivity index (χ0n) is 26.8. The van der Waals surface area contributed by atoms with Gasteiger partial charge in [0.25, 0.3) is 0 Å². The first-order chi connectivity index (χ1) is 23.3. The van der Waals surface area contributed by atoms with E-state index in [-0.39, 0.29) is 102 Å². The van der Waals surface area contributed by atoms with Crippen LogP contribution < -0.4 is 25.0 Å². The Balaban J connectivity index is 1.30. The van der Waals surface area contributed by atoms with Crippen LogP contribution in [0.1, 0.15) is 38.2 Å². The summed E-state index contributed by atoms with van der Waals surface area (Å²) in [6, 6.07) is 8.56. The number of aromatic hydroxyl groups is 1. The number of halogens is 3. The number of aliphatic hydroxyl groups excluding tert-OH is 1. The number of alkyl halides is 1. The van der Waals surface area contributed by atoms with E-state index in [1.165, 1.54) is 6.07 Å². The van der Waals surface area contributed by atoms with Crippen LogP contribution in [0.3, 0.4) is 0 Å². The van der Waals surface area contributed by atoms with Crippen molar-refractivity contribution in [3.8, 4) is 28.6 Å². The summed E-state index contributed by atoms with van der Waals surface area (Å²) in [7, 11) is 0. The van der Waals surface area contributed by atoms with E-state index in [4.69, 9.17) is 14.5 Å². The maximum absolute atomic E-state index is 17.1. The number of piperazine rings is 1. The first kappa shape index (κ1) is 31.4. The van der Waals surface area contributed by atoms with Crippen molar-refractivity contribution >= 4 is 27.5 Å². The smallest absolute Gasteiger partial charge is 0.319 e. The predicted octanol–water partition coefficient (Wildman–Crippen LogP) is 5.02. The lowest BCUT2D eigenvalue weighted by molar-refractivity contribution is 0.121. The molecule has 5 heterocycles. The Hall–Kier alpha value is -3.87. The van der Waals surface area contributed by atoms with Gasteiger partial charge in [-0.05, 0) is 78.0 Å². The molecule has 6 atom stereocenters. The topological polar surface area (TPSA) is 112 Å². The number of hydrogen-bond acceptors (Lipinski definition) is 9. The van der Waals surface area contributed by atoms with Gasteiger partial charge in [0, 0.05) is 38.3 Å². The third-order valence-corrected chi connectivity index (χ3v) is 10.6. The highest BCUT2D eigenvalue weighted by Crippen LogP contribution is 2.48. The number of phenolic OH excluding ortho intramolecular Hbond substituents is 1.